The highest BCUT2D eigenvalue weighted by Gasteiger charge is 2.11. The first-order valence-electron chi connectivity index (χ1n) is 4.96. The third kappa shape index (κ3) is 1.68. The van der Waals surface area contributed by atoms with E-state index in [1.165, 1.54) is 0 Å². The molecule has 16 heavy (non-hydrogen) atoms. The van der Waals surface area contributed by atoms with Crippen LogP contribution in [0.4, 0.5) is 0 Å². The molecule has 1 heterocycles. The van der Waals surface area contributed by atoms with E-state index in [-0.39, 0.29) is 0 Å². The summed E-state index contributed by atoms with van der Waals surface area (Å²) >= 11 is 0. The lowest BCUT2D eigenvalue weighted by molar-refractivity contribution is 0.413. The van der Waals surface area contributed by atoms with Gasteiger partial charge in [0.05, 0.1) is 12.7 Å². The van der Waals surface area contributed by atoms with Gasteiger partial charge < -0.3 is 9.15 Å². The number of methoxy groups -OCH3 is 1. The maximum atomic E-state index is 5.56. The van der Waals surface area contributed by atoms with Gasteiger partial charge in [-0.25, -0.2) is 0 Å². The zero-order chi connectivity index (χ0) is 11.5. The van der Waals surface area contributed by atoms with Crippen LogP contribution in [-0.4, -0.2) is 7.11 Å². The van der Waals surface area contributed by atoms with E-state index in [1.807, 2.05) is 37.3 Å². The van der Waals surface area contributed by atoms with Gasteiger partial charge in [-0.1, -0.05) is 12.0 Å². The Hall–Kier alpha value is -2.14. The summed E-state index contributed by atoms with van der Waals surface area (Å²) in [6, 6.07) is 9.48. The summed E-state index contributed by atoms with van der Waals surface area (Å²) in [7, 11) is 1.60. The van der Waals surface area contributed by atoms with Crippen molar-refractivity contribution in [2.45, 2.75) is 6.92 Å². The molecule has 2 nitrogen and oxygen atoms in total. The Morgan fingerprint density at radius 1 is 1.25 bits per heavy atom. The lowest BCUT2D eigenvalue weighted by Crippen LogP contribution is -1.90. The van der Waals surface area contributed by atoms with Crippen molar-refractivity contribution in [3.05, 3.63) is 41.7 Å². The van der Waals surface area contributed by atoms with E-state index in [0.717, 1.165) is 22.6 Å². The van der Waals surface area contributed by atoms with Crippen molar-refractivity contribution < 1.29 is 9.15 Å². The Morgan fingerprint density at radius 2 is 2.06 bits per heavy atom. The topological polar surface area (TPSA) is 22.4 Å². The van der Waals surface area contributed by atoms with E-state index in [1.54, 1.807) is 7.11 Å². The van der Waals surface area contributed by atoms with Crippen LogP contribution < -0.4 is 4.74 Å². The van der Waals surface area contributed by atoms with Gasteiger partial charge in [0.15, 0.2) is 0 Å². The molecule has 0 fully saturated rings. The zero-order valence-corrected chi connectivity index (χ0v) is 9.28. The molecular formula is C14H12O2. The fraction of sp³-hybridized carbons (Fsp3) is 0.143. The molecule has 0 N–H and O–H groups in total. The smallest absolute Gasteiger partial charge is 0.135 e. The molecule has 0 unspecified atom stereocenters. The molecule has 0 aliphatic heterocycles. The van der Waals surface area contributed by atoms with E-state index >= 15 is 0 Å². The van der Waals surface area contributed by atoms with Gasteiger partial charge in [0.1, 0.15) is 17.3 Å². The first-order valence-corrected chi connectivity index (χ1v) is 4.96. The van der Waals surface area contributed by atoms with Crippen LogP contribution in [0.15, 0.2) is 34.7 Å². The molecule has 0 aliphatic rings. The second-order valence-corrected chi connectivity index (χ2v) is 3.44. The van der Waals surface area contributed by atoms with Crippen molar-refractivity contribution in [1.82, 2.24) is 0 Å². The third-order valence-corrected chi connectivity index (χ3v) is 2.40. The van der Waals surface area contributed by atoms with E-state index in [2.05, 4.69) is 5.92 Å². The van der Waals surface area contributed by atoms with Gasteiger partial charge in [-0.2, -0.15) is 0 Å². The molecule has 0 bridgehead atoms. The van der Waals surface area contributed by atoms with Gasteiger partial charge in [-0.3, -0.25) is 0 Å². The molecule has 2 heteroatoms. The SMILES string of the molecule is C#Cc1c(OC)cccc1-c1ccc(C)o1. The number of rotatable bonds is 2. The predicted octanol–water partition coefficient (Wildman–Crippen LogP) is 3.24. The van der Waals surface area contributed by atoms with Crippen molar-refractivity contribution >= 4 is 0 Å². The second kappa shape index (κ2) is 4.16. The van der Waals surface area contributed by atoms with Crippen LogP contribution in [-0.2, 0) is 0 Å². The summed E-state index contributed by atoms with van der Waals surface area (Å²) < 4.78 is 10.8. The number of furan rings is 1. The number of aryl methyl sites for hydroxylation is 1. The van der Waals surface area contributed by atoms with Crippen LogP contribution >= 0.6 is 0 Å². The molecule has 2 rings (SSSR count). The van der Waals surface area contributed by atoms with Gasteiger partial charge in [-0.15, -0.1) is 6.42 Å². The Balaban J connectivity index is 2.61. The molecule has 0 saturated heterocycles. The second-order valence-electron chi connectivity index (χ2n) is 3.44. The Bertz CT molecular complexity index is 544. The normalized spacial score (nSPS) is 9.81. The van der Waals surface area contributed by atoms with E-state index in [4.69, 9.17) is 15.6 Å². The molecule has 0 saturated carbocycles. The van der Waals surface area contributed by atoms with Gasteiger partial charge in [0.25, 0.3) is 0 Å². The minimum absolute atomic E-state index is 0.689. The van der Waals surface area contributed by atoms with Crippen molar-refractivity contribution in [1.29, 1.82) is 0 Å². The highest BCUT2D eigenvalue weighted by atomic mass is 16.5. The monoisotopic (exact) mass is 212 g/mol. The summed E-state index contributed by atoms with van der Waals surface area (Å²) in [6.45, 7) is 1.90. The first-order chi connectivity index (χ1) is 7.76. The number of benzene rings is 1. The van der Waals surface area contributed by atoms with Gasteiger partial charge in [0.2, 0.25) is 0 Å². The number of hydrogen-bond donors (Lipinski definition) is 0. The summed E-state index contributed by atoms with van der Waals surface area (Å²) in [5.41, 5.74) is 1.61. The molecule has 0 spiro atoms. The minimum atomic E-state index is 0.689. The Kier molecular flexibility index (Phi) is 2.70. The highest BCUT2D eigenvalue weighted by molar-refractivity contribution is 5.70. The minimum Gasteiger partial charge on any atom is -0.495 e. The summed E-state index contributed by atoms with van der Waals surface area (Å²) in [5, 5.41) is 0. The van der Waals surface area contributed by atoms with E-state index in [0.29, 0.717) is 5.75 Å². The van der Waals surface area contributed by atoms with Crippen molar-refractivity contribution in [2.75, 3.05) is 7.11 Å². The van der Waals surface area contributed by atoms with Crippen LogP contribution in [0, 0.1) is 19.3 Å². The molecule has 80 valence electrons. The van der Waals surface area contributed by atoms with Gasteiger partial charge >= 0.3 is 0 Å². The van der Waals surface area contributed by atoms with Crippen molar-refractivity contribution in [3.63, 3.8) is 0 Å². The number of terminal acetylenes is 1. The van der Waals surface area contributed by atoms with Crippen LogP contribution in [0.2, 0.25) is 0 Å². The maximum absolute atomic E-state index is 5.56. The molecule has 0 radical (unpaired) electrons. The standard InChI is InChI=1S/C14H12O2/c1-4-11-12(6-5-7-13(11)15-3)14-9-8-10(2)16-14/h1,5-9H,2-3H3. The van der Waals surface area contributed by atoms with Crippen LogP contribution in [0.25, 0.3) is 11.3 Å². The quantitative estimate of drug-likeness (QED) is 0.713. The van der Waals surface area contributed by atoms with Crippen LogP contribution in [0.3, 0.4) is 0 Å². The lowest BCUT2D eigenvalue weighted by atomic mass is 10.0. The summed E-state index contributed by atoms with van der Waals surface area (Å²) in [5.74, 6) is 4.96. The molecular weight excluding hydrogens is 200 g/mol. The van der Waals surface area contributed by atoms with Crippen LogP contribution in [0.5, 0.6) is 5.75 Å². The molecule has 0 amide bonds. The zero-order valence-electron chi connectivity index (χ0n) is 9.28. The molecule has 0 aliphatic carbocycles. The van der Waals surface area contributed by atoms with E-state index in [9.17, 15) is 0 Å². The molecule has 1 aromatic carbocycles. The Labute approximate surface area is 94.9 Å². The van der Waals surface area contributed by atoms with Gasteiger partial charge in [0, 0.05) is 5.56 Å². The number of hydrogen-bond acceptors (Lipinski definition) is 2. The summed E-state index contributed by atoms with van der Waals surface area (Å²) in [4.78, 5) is 0. The molecule has 1 aromatic heterocycles. The largest absolute Gasteiger partial charge is 0.495 e. The molecule has 0 atom stereocenters. The first kappa shape index (κ1) is 10.4. The molecule has 2 aromatic rings. The maximum Gasteiger partial charge on any atom is 0.135 e. The van der Waals surface area contributed by atoms with Crippen molar-refractivity contribution in [2.24, 2.45) is 0 Å². The fourth-order valence-electron chi connectivity index (χ4n) is 1.63. The lowest BCUT2D eigenvalue weighted by Gasteiger charge is -2.07. The number of ether oxygens (including phenoxy) is 1. The average molecular weight is 212 g/mol. The highest BCUT2D eigenvalue weighted by Crippen LogP contribution is 2.30. The Morgan fingerprint density at radius 3 is 2.62 bits per heavy atom. The van der Waals surface area contributed by atoms with Crippen LogP contribution in [0.1, 0.15) is 11.3 Å². The fourth-order valence-corrected chi connectivity index (χ4v) is 1.63. The average Bonchev–Trinajstić information content (AvgIpc) is 2.74. The van der Waals surface area contributed by atoms with Gasteiger partial charge in [-0.05, 0) is 31.2 Å². The third-order valence-electron chi connectivity index (χ3n) is 2.40. The van der Waals surface area contributed by atoms with Crippen molar-refractivity contribution in [3.8, 4) is 29.4 Å². The summed E-state index contributed by atoms with van der Waals surface area (Å²) in [6.07, 6.45) is 5.50. The van der Waals surface area contributed by atoms with E-state index < -0.39 is 0 Å². The predicted molar refractivity (Wildman–Crippen MR) is 63.4 cm³/mol.